The zero-order valence-electron chi connectivity index (χ0n) is 8.40. The Morgan fingerprint density at radius 2 is 2.27 bits per heavy atom. The molecule has 1 saturated heterocycles. The van der Waals surface area contributed by atoms with Gasteiger partial charge < -0.3 is 10.6 Å². The molecule has 5 heteroatoms. The third-order valence-corrected chi connectivity index (χ3v) is 2.48. The molecule has 0 spiro atoms. The second kappa shape index (κ2) is 4.71. The zero-order chi connectivity index (χ0) is 10.5. The number of nitriles is 1. The minimum absolute atomic E-state index is 0.355. The molecule has 0 aliphatic carbocycles. The summed E-state index contributed by atoms with van der Waals surface area (Å²) in [5, 5.41) is 22.8. The average Bonchev–Trinajstić information content (AvgIpc) is 2.31. The maximum absolute atomic E-state index is 8.68. The second-order valence-electron chi connectivity index (χ2n) is 3.61. The van der Waals surface area contributed by atoms with E-state index in [9.17, 15) is 0 Å². The van der Waals surface area contributed by atoms with Gasteiger partial charge in [-0.1, -0.05) is 0 Å². The summed E-state index contributed by atoms with van der Waals surface area (Å²) in [6, 6.07) is 4.18. The fourth-order valence-electron chi connectivity index (χ4n) is 1.70. The molecule has 0 bridgehead atoms. The minimum Gasteiger partial charge on any atom is -0.381 e. The van der Waals surface area contributed by atoms with Crippen molar-refractivity contribution >= 4 is 5.69 Å². The molecule has 2 heterocycles. The summed E-state index contributed by atoms with van der Waals surface area (Å²) in [5.74, 6) is 0. The molecule has 1 aromatic rings. The van der Waals surface area contributed by atoms with Crippen molar-refractivity contribution in [1.82, 2.24) is 15.5 Å². The van der Waals surface area contributed by atoms with Gasteiger partial charge >= 0.3 is 0 Å². The largest absolute Gasteiger partial charge is 0.381 e. The number of piperidine rings is 1. The van der Waals surface area contributed by atoms with Crippen LogP contribution in [0.5, 0.6) is 0 Å². The van der Waals surface area contributed by atoms with Crippen molar-refractivity contribution in [3.63, 3.8) is 0 Å². The van der Waals surface area contributed by atoms with Crippen LogP contribution in [0.25, 0.3) is 0 Å². The molecule has 0 unspecified atom stereocenters. The van der Waals surface area contributed by atoms with Crippen molar-refractivity contribution in [2.24, 2.45) is 0 Å². The Morgan fingerprint density at radius 1 is 1.47 bits per heavy atom. The van der Waals surface area contributed by atoms with Crippen LogP contribution in [0.3, 0.4) is 0 Å². The van der Waals surface area contributed by atoms with Gasteiger partial charge in [-0.3, -0.25) is 0 Å². The van der Waals surface area contributed by atoms with Gasteiger partial charge in [-0.2, -0.15) is 10.4 Å². The number of nitrogens with one attached hydrogen (secondary N) is 2. The first-order chi connectivity index (χ1) is 7.38. The van der Waals surface area contributed by atoms with E-state index in [0.29, 0.717) is 11.7 Å². The van der Waals surface area contributed by atoms with Crippen LogP contribution in [0.15, 0.2) is 12.3 Å². The molecule has 2 N–H and O–H groups in total. The molecule has 0 atom stereocenters. The minimum atomic E-state index is 0.355. The van der Waals surface area contributed by atoms with E-state index in [0.717, 1.165) is 31.6 Å². The van der Waals surface area contributed by atoms with E-state index in [-0.39, 0.29) is 0 Å². The van der Waals surface area contributed by atoms with Gasteiger partial charge in [0.15, 0.2) is 5.69 Å². The summed E-state index contributed by atoms with van der Waals surface area (Å²) >= 11 is 0. The van der Waals surface area contributed by atoms with Crippen molar-refractivity contribution in [2.75, 3.05) is 18.4 Å². The predicted octanol–water partition coefficient (Wildman–Crippen LogP) is 0.512. The van der Waals surface area contributed by atoms with Crippen LogP contribution in [0.4, 0.5) is 5.69 Å². The van der Waals surface area contributed by atoms with Crippen molar-refractivity contribution in [2.45, 2.75) is 18.9 Å². The Morgan fingerprint density at radius 3 is 3.00 bits per heavy atom. The van der Waals surface area contributed by atoms with E-state index in [1.807, 2.05) is 6.07 Å². The van der Waals surface area contributed by atoms with Gasteiger partial charge in [-0.25, -0.2) is 0 Å². The Hall–Kier alpha value is -1.67. The second-order valence-corrected chi connectivity index (χ2v) is 3.61. The fraction of sp³-hybridized carbons (Fsp3) is 0.500. The van der Waals surface area contributed by atoms with Crippen LogP contribution in [0, 0.1) is 11.3 Å². The third-order valence-electron chi connectivity index (χ3n) is 2.48. The summed E-state index contributed by atoms with van der Waals surface area (Å²) in [6.07, 6.45) is 3.86. The van der Waals surface area contributed by atoms with E-state index in [4.69, 9.17) is 5.26 Å². The number of rotatable bonds is 2. The van der Waals surface area contributed by atoms with Crippen LogP contribution in [0.1, 0.15) is 18.5 Å². The van der Waals surface area contributed by atoms with Crippen LogP contribution in [0.2, 0.25) is 0 Å². The monoisotopic (exact) mass is 203 g/mol. The van der Waals surface area contributed by atoms with Crippen molar-refractivity contribution in [3.8, 4) is 6.07 Å². The molecule has 1 aliphatic rings. The molecule has 0 amide bonds. The Balaban J connectivity index is 2.00. The van der Waals surface area contributed by atoms with E-state index in [2.05, 4.69) is 20.8 Å². The molecular weight excluding hydrogens is 190 g/mol. The smallest absolute Gasteiger partial charge is 0.165 e. The highest BCUT2D eigenvalue weighted by Crippen LogP contribution is 2.12. The molecule has 0 saturated carbocycles. The van der Waals surface area contributed by atoms with Gasteiger partial charge in [0.05, 0.1) is 11.9 Å². The summed E-state index contributed by atoms with van der Waals surface area (Å²) in [4.78, 5) is 0. The quantitative estimate of drug-likeness (QED) is 0.732. The van der Waals surface area contributed by atoms with E-state index < -0.39 is 0 Å². The summed E-state index contributed by atoms with van der Waals surface area (Å²) in [5.41, 5.74) is 1.24. The first-order valence-electron chi connectivity index (χ1n) is 5.08. The lowest BCUT2D eigenvalue weighted by atomic mass is 10.1. The number of hydrogen-bond acceptors (Lipinski definition) is 5. The standard InChI is InChI=1S/C10H13N5/c11-6-9-5-10(7-13-15-9)14-8-1-3-12-4-2-8/h5,7-8,12H,1-4H2,(H,14,15). The SMILES string of the molecule is N#Cc1cc(NC2CCNCC2)cnn1. The lowest BCUT2D eigenvalue weighted by Crippen LogP contribution is -2.35. The van der Waals surface area contributed by atoms with Gasteiger partial charge in [0.1, 0.15) is 6.07 Å². The van der Waals surface area contributed by atoms with Gasteiger partial charge in [0.2, 0.25) is 0 Å². The summed E-state index contributed by atoms with van der Waals surface area (Å²) < 4.78 is 0. The highest BCUT2D eigenvalue weighted by Gasteiger charge is 2.12. The lowest BCUT2D eigenvalue weighted by molar-refractivity contribution is 0.479. The third kappa shape index (κ3) is 2.64. The molecule has 5 nitrogen and oxygen atoms in total. The van der Waals surface area contributed by atoms with Gasteiger partial charge in [-0.05, 0) is 25.9 Å². The maximum atomic E-state index is 8.68. The first kappa shape index (κ1) is 9.87. The first-order valence-corrected chi connectivity index (χ1v) is 5.08. The van der Waals surface area contributed by atoms with E-state index in [1.54, 1.807) is 12.3 Å². The topological polar surface area (TPSA) is 73.6 Å². The molecule has 1 fully saturated rings. The highest BCUT2D eigenvalue weighted by molar-refractivity contribution is 5.44. The molecule has 78 valence electrons. The fourth-order valence-corrected chi connectivity index (χ4v) is 1.70. The lowest BCUT2D eigenvalue weighted by Gasteiger charge is -2.24. The van der Waals surface area contributed by atoms with Crippen LogP contribution in [-0.2, 0) is 0 Å². The average molecular weight is 203 g/mol. The van der Waals surface area contributed by atoms with Crippen molar-refractivity contribution in [3.05, 3.63) is 18.0 Å². The Kier molecular flexibility index (Phi) is 3.10. The van der Waals surface area contributed by atoms with Crippen molar-refractivity contribution in [1.29, 1.82) is 5.26 Å². The number of nitrogens with zero attached hydrogens (tertiary/aromatic N) is 3. The summed E-state index contributed by atoms with van der Waals surface area (Å²) in [7, 11) is 0. The van der Waals surface area contributed by atoms with Gasteiger partial charge in [0, 0.05) is 12.1 Å². The molecular formula is C10H13N5. The van der Waals surface area contributed by atoms with E-state index in [1.165, 1.54) is 0 Å². The molecule has 15 heavy (non-hydrogen) atoms. The normalized spacial score (nSPS) is 17.0. The Labute approximate surface area is 88.5 Å². The van der Waals surface area contributed by atoms with Crippen LogP contribution in [-0.4, -0.2) is 29.3 Å². The molecule has 1 aromatic heterocycles. The number of anilines is 1. The molecule has 0 aromatic carbocycles. The van der Waals surface area contributed by atoms with Gasteiger partial charge in [-0.15, -0.1) is 5.10 Å². The summed E-state index contributed by atoms with van der Waals surface area (Å²) in [6.45, 7) is 2.09. The number of hydrogen-bond donors (Lipinski definition) is 2. The van der Waals surface area contributed by atoms with E-state index >= 15 is 0 Å². The predicted molar refractivity (Wildman–Crippen MR) is 56.3 cm³/mol. The van der Waals surface area contributed by atoms with Gasteiger partial charge in [0.25, 0.3) is 0 Å². The zero-order valence-corrected chi connectivity index (χ0v) is 8.40. The maximum Gasteiger partial charge on any atom is 0.165 e. The molecule has 1 aliphatic heterocycles. The molecule has 2 rings (SSSR count). The van der Waals surface area contributed by atoms with Crippen molar-refractivity contribution < 1.29 is 0 Å². The number of aromatic nitrogens is 2. The molecule has 0 radical (unpaired) electrons. The highest BCUT2D eigenvalue weighted by atomic mass is 15.1. The van der Waals surface area contributed by atoms with Crippen LogP contribution < -0.4 is 10.6 Å². The Bertz CT molecular complexity index is 364. The van der Waals surface area contributed by atoms with Crippen LogP contribution >= 0.6 is 0 Å².